The van der Waals surface area contributed by atoms with E-state index in [1.165, 1.54) is 5.56 Å². The molecule has 1 N–H and O–H groups in total. The van der Waals surface area contributed by atoms with Gasteiger partial charge in [-0.25, -0.2) is 4.79 Å². The van der Waals surface area contributed by atoms with Crippen molar-refractivity contribution in [1.82, 2.24) is 29.8 Å². The number of nitrogens with one attached hydrogen (secondary N) is 1. The molecule has 174 valence electrons. The number of hydrogen-bond donors (Lipinski definition) is 1. The van der Waals surface area contributed by atoms with Gasteiger partial charge in [-0.15, -0.1) is 0 Å². The van der Waals surface area contributed by atoms with Crippen LogP contribution in [0.5, 0.6) is 0 Å². The highest BCUT2D eigenvalue weighted by Crippen LogP contribution is 2.11. The molecule has 0 unspecified atom stereocenters. The van der Waals surface area contributed by atoms with Crippen LogP contribution in [0.1, 0.15) is 36.5 Å². The van der Waals surface area contributed by atoms with Gasteiger partial charge in [0.05, 0.1) is 5.69 Å². The molecule has 2 heterocycles. The topological polar surface area (TPSA) is 125 Å². The van der Waals surface area contributed by atoms with Gasteiger partial charge in [0.15, 0.2) is 5.69 Å². The van der Waals surface area contributed by atoms with E-state index in [9.17, 15) is 14.4 Å². The zero-order valence-corrected chi connectivity index (χ0v) is 18.8. The predicted octanol–water partition coefficient (Wildman–Crippen LogP) is 2.22. The maximum Gasteiger partial charge on any atom is 0.352 e. The number of nitrogens with zero attached hydrogens (tertiary/aromatic N) is 5. The maximum atomic E-state index is 12.8. The summed E-state index contributed by atoms with van der Waals surface area (Å²) >= 11 is 0. The fraction of sp³-hybridized carbons (Fsp3) is 0.250. The van der Waals surface area contributed by atoms with Gasteiger partial charge in [0.25, 0.3) is 5.56 Å². The fourth-order valence-corrected chi connectivity index (χ4v) is 3.47. The van der Waals surface area contributed by atoms with Crippen molar-refractivity contribution in [3.8, 4) is 17.2 Å². The third-order valence-corrected chi connectivity index (χ3v) is 5.30. The Kier molecular flexibility index (Phi) is 6.77. The van der Waals surface area contributed by atoms with E-state index >= 15 is 0 Å². The highest BCUT2D eigenvalue weighted by molar-refractivity contribution is 5.90. The average Bonchev–Trinajstić information content (AvgIpc) is 3.35. The van der Waals surface area contributed by atoms with E-state index in [1.807, 2.05) is 37.3 Å². The molecule has 2 aromatic heterocycles. The van der Waals surface area contributed by atoms with Crippen molar-refractivity contribution in [3.63, 3.8) is 0 Å². The van der Waals surface area contributed by atoms with E-state index < -0.39 is 17.2 Å². The molecule has 4 aromatic rings. The first-order valence-corrected chi connectivity index (χ1v) is 11.0. The summed E-state index contributed by atoms with van der Waals surface area (Å²) in [6.45, 7) is 3.69. The lowest BCUT2D eigenvalue weighted by atomic mass is 10.1. The SMILES string of the molecule is CCn1c(=O)c(-c2noc(C(=O)N[C@H](C)CCc3ccccc3)n2)nn(-c2ccccc2)c1=O. The van der Waals surface area contributed by atoms with Gasteiger partial charge in [-0.1, -0.05) is 53.7 Å². The minimum Gasteiger partial charge on any atom is -0.345 e. The van der Waals surface area contributed by atoms with Gasteiger partial charge in [-0.2, -0.15) is 14.8 Å². The van der Waals surface area contributed by atoms with Crippen molar-refractivity contribution >= 4 is 5.91 Å². The van der Waals surface area contributed by atoms with Gasteiger partial charge in [0.1, 0.15) is 0 Å². The number of para-hydroxylation sites is 1. The normalized spacial score (nSPS) is 11.8. The number of aromatic nitrogens is 5. The highest BCUT2D eigenvalue weighted by atomic mass is 16.5. The summed E-state index contributed by atoms with van der Waals surface area (Å²) in [5.74, 6) is -1.01. The molecule has 2 aromatic carbocycles. The summed E-state index contributed by atoms with van der Waals surface area (Å²) in [5, 5.41) is 10.8. The lowest BCUT2D eigenvalue weighted by Gasteiger charge is -2.12. The second kappa shape index (κ2) is 10.1. The van der Waals surface area contributed by atoms with Gasteiger partial charge >= 0.3 is 17.5 Å². The second-order valence-corrected chi connectivity index (χ2v) is 7.75. The summed E-state index contributed by atoms with van der Waals surface area (Å²) in [7, 11) is 0. The number of benzene rings is 2. The molecule has 0 aliphatic carbocycles. The first kappa shape index (κ1) is 22.8. The van der Waals surface area contributed by atoms with E-state index in [0.717, 1.165) is 22.1 Å². The maximum absolute atomic E-state index is 12.8. The van der Waals surface area contributed by atoms with Crippen LogP contribution in [0, 0.1) is 0 Å². The summed E-state index contributed by atoms with van der Waals surface area (Å²) < 4.78 is 7.22. The van der Waals surface area contributed by atoms with Crippen molar-refractivity contribution in [3.05, 3.63) is 93.0 Å². The molecule has 10 nitrogen and oxygen atoms in total. The minimum atomic E-state index is -0.663. The van der Waals surface area contributed by atoms with Crippen LogP contribution in [0.4, 0.5) is 0 Å². The third kappa shape index (κ3) is 4.85. The largest absolute Gasteiger partial charge is 0.352 e. The first-order chi connectivity index (χ1) is 16.5. The molecular formula is C24H24N6O4. The van der Waals surface area contributed by atoms with Crippen LogP contribution in [-0.4, -0.2) is 36.4 Å². The Hall–Kier alpha value is -4.34. The predicted molar refractivity (Wildman–Crippen MR) is 125 cm³/mol. The molecule has 34 heavy (non-hydrogen) atoms. The van der Waals surface area contributed by atoms with Crippen molar-refractivity contribution in [2.45, 2.75) is 39.3 Å². The van der Waals surface area contributed by atoms with Gasteiger partial charge in [-0.3, -0.25) is 14.2 Å². The van der Waals surface area contributed by atoms with Crippen LogP contribution in [0.15, 0.2) is 74.8 Å². The van der Waals surface area contributed by atoms with Gasteiger partial charge < -0.3 is 9.84 Å². The standard InChI is InChI=1S/C24H24N6O4/c1-3-29-23(32)19(27-30(24(29)33)18-12-8-5-9-13-18)20-26-22(34-28-20)21(31)25-16(2)14-15-17-10-6-4-7-11-17/h4-13,16H,3,14-15H2,1-2H3,(H,25,31)/t16-/m1/s1. The quantitative estimate of drug-likeness (QED) is 0.427. The van der Waals surface area contributed by atoms with E-state index in [0.29, 0.717) is 5.69 Å². The lowest BCUT2D eigenvalue weighted by molar-refractivity contribution is 0.0894. The first-order valence-electron chi connectivity index (χ1n) is 11.0. The average molecular weight is 460 g/mol. The smallest absolute Gasteiger partial charge is 0.345 e. The molecule has 4 rings (SSSR count). The molecule has 0 saturated heterocycles. The van der Waals surface area contributed by atoms with Crippen LogP contribution >= 0.6 is 0 Å². The highest BCUT2D eigenvalue weighted by Gasteiger charge is 2.23. The van der Waals surface area contributed by atoms with E-state index in [-0.39, 0.29) is 30.0 Å². The van der Waals surface area contributed by atoms with Crippen molar-refractivity contribution in [2.24, 2.45) is 0 Å². The summed E-state index contributed by atoms with van der Waals surface area (Å²) in [4.78, 5) is 42.3. The second-order valence-electron chi connectivity index (χ2n) is 7.75. The summed E-state index contributed by atoms with van der Waals surface area (Å²) in [6, 6.07) is 18.5. The summed E-state index contributed by atoms with van der Waals surface area (Å²) in [5.41, 5.74) is 0.213. The Morgan fingerprint density at radius 2 is 1.74 bits per heavy atom. The molecule has 1 amide bonds. The minimum absolute atomic E-state index is 0.129. The Morgan fingerprint density at radius 1 is 1.06 bits per heavy atom. The van der Waals surface area contributed by atoms with Crippen molar-refractivity contribution in [2.75, 3.05) is 0 Å². The number of carbonyl (C=O) groups excluding carboxylic acids is 1. The molecule has 0 saturated carbocycles. The van der Waals surface area contributed by atoms with Crippen LogP contribution < -0.4 is 16.6 Å². The van der Waals surface area contributed by atoms with Crippen LogP contribution in [0.25, 0.3) is 17.2 Å². The van der Waals surface area contributed by atoms with Crippen LogP contribution in [0.2, 0.25) is 0 Å². The number of aryl methyl sites for hydroxylation is 1. The molecule has 0 fully saturated rings. The molecule has 10 heteroatoms. The summed E-state index contributed by atoms with van der Waals surface area (Å²) in [6.07, 6.45) is 1.53. The van der Waals surface area contributed by atoms with Crippen molar-refractivity contribution < 1.29 is 9.32 Å². The number of carbonyl (C=O) groups is 1. The molecule has 0 radical (unpaired) electrons. The Morgan fingerprint density at radius 3 is 2.41 bits per heavy atom. The van der Waals surface area contributed by atoms with E-state index in [4.69, 9.17) is 4.52 Å². The van der Waals surface area contributed by atoms with Crippen LogP contribution in [-0.2, 0) is 13.0 Å². The van der Waals surface area contributed by atoms with Gasteiger partial charge in [0, 0.05) is 12.6 Å². The van der Waals surface area contributed by atoms with Crippen molar-refractivity contribution in [1.29, 1.82) is 0 Å². The Balaban J connectivity index is 1.56. The Labute approximate surface area is 194 Å². The van der Waals surface area contributed by atoms with E-state index in [2.05, 4.69) is 20.6 Å². The number of rotatable bonds is 8. The zero-order valence-electron chi connectivity index (χ0n) is 18.8. The molecule has 1 atom stereocenters. The van der Waals surface area contributed by atoms with Gasteiger partial charge in [0.2, 0.25) is 5.82 Å². The number of amides is 1. The van der Waals surface area contributed by atoms with Gasteiger partial charge in [-0.05, 0) is 44.4 Å². The molecule has 0 bridgehead atoms. The fourth-order valence-electron chi connectivity index (χ4n) is 3.47. The lowest BCUT2D eigenvalue weighted by Crippen LogP contribution is -2.41. The molecular weight excluding hydrogens is 436 g/mol. The monoisotopic (exact) mass is 460 g/mol. The molecule has 0 spiro atoms. The molecule has 0 aliphatic heterocycles. The third-order valence-electron chi connectivity index (χ3n) is 5.30. The zero-order chi connectivity index (χ0) is 24.1. The number of hydrogen-bond acceptors (Lipinski definition) is 7. The van der Waals surface area contributed by atoms with Crippen LogP contribution in [0.3, 0.4) is 0 Å². The Bertz CT molecular complexity index is 1390. The molecule has 0 aliphatic rings. The van der Waals surface area contributed by atoms with E-state index in [1.54, 1.807) is 37.3 Å².